The molecule has 94 valence electrons. The molecular weight excluding hydrogens is 248 g/mol. The fourth-order valence-corrected chi connectivity index (χ4v) is 2.00. The van der Waals surface area contributed by atoms with Crippen molar-refractivity contribution in [2.24, 2.45) is 0 Å². The molecule has 0 radical (unpaired) electrons. The molecule has 18 heavy (non-hydrogen) atoms. The maximum absolute atomic E-state index is 5.83. The highest BCUT2D eigenvalue weighted by Gasteiger charge is 2.17. The van der Waals surface area contributed by atoms with Crippen LogP contribution in [0.15, 0.2) is 36.4 Å². The molecule has 2 rings (SSSR count). The molecular formula is C14H15ClN2O. The second kappa shape index (κ2) is 5.94. The van der Waals surface area contributed by atoms with E-state index in [1.54, 1.807) is 7.11 Å². The zero-order valence-electron chi connectivity index (χ0n) is 10.4. The zero-order valence-corrected chi connectivity index (χ0v) is 11.2. The molecule has 1 aromatic heterocycles. The van der Waals surface area contributed by atoms with E-state index in [0.29, 0.717) is 11.7 Å². The average Bonchev–Trinajstić information content (AvgIpc) is 2.40. The minimum atomic E-state index is -0.256. The molecule has 0 spiro atoms. The number of rotatable bonds is 4. The summed E-state index contributed by atoms with van der Waals surface area (Å²) in [5, 5.41) is 0. The Hall–Kier alpha value is -1.45. The standard InChI is InChI=1S/C14H15ClN2O/c1-10-8-12(9-15)17-14(16-10)13(18-2)11-6-4-3-5-7-11/h3-8,13H,9H2,1-2H3. The summed E-state index contributed by atoms with van der Waals surface area (Å²) in [5.74, 6) is 1.03. The van der Waals surface area contributed by atoms with E-state index < -0.39 is 0 Å². The largest absolute Gasteiger partial charge is 0.369 e. The monoisotopic (exact) mass is 262 g/mol. The summed E-state index contributed by atoms with van der Waals surface area (Å²) in [6, 6.07) is 11.8. The predicted octanol–water partition coefficient (Wildman–Crippen LogP) is 3.26. The maximum atomic E-state index is 5.83. The Balaban J connectivity index is 2.42. The van der Waals surface area contributed by atoms with Crippen LogP contribution in [0.2, 0.25) is 0 Å². The topological polar surface area (TPSA) is 35.0 Å². The van der Waals surface area contributed by atoms with Gasteiger partial charge >= 0.3 is 0 Å². The molecule has 0 N–H and O–H groups in total. The first-order valence-corrected chi connectivity index (χ1v) is 6.26. The molecule has 0 saturated carbocycles. The Morgan fingerprint density at radius 1 is 1.22 bits per heavy atom. The molecule has 0 aliphatic carbocycles. The van der Waals surface area contributed by atoms with Crippen LogP contribution in [0.5, 0.6) is 0 Å². The van der Waals surface area contributed by atoms with Crippen LogP contribution >= 0.6 is 11.6 Å². The molecule has 0 bridgehead atoms. The third-order valence-electron chi connectivity index (χ3n) is 2.63. The fourth-order valence-electron chi connectivity index (χ4n) is 1.86. The van der Waals surface area contributed by atoms with Crippen molar-refractivity contribution in [1.29, 1.82) is 0 Å². The Bertz CT molecular complexity index is 516. The van der Waals surface area contributed by atoms with Gasteiger partial charge in [0.2, 0.25) is 0 Å². The summed E-state index contributed by atoms with van der Waals surface area (Å²) in [6.45, 7) is 1.93. The van der Waals surface area contributed by atoms with Crippen LogP contribution in [-0.4, -0.2) is 17.1 Å². The Morgan fingerprint density at radius 2 is 1.94 bits per heavy atom. The highest BCUT2D eigenvalue weighted by atomic mass is 35.5. The van der Waals surface area contributed by atoms with E-state index in [1.165, 1.54) is 0 Å². The van der Waals surface area contributed by atoms with Crippen molar-refractivity contribution >= 4 is 11.6 Å². The van der Waals surface area contributed by atoms with E-state index in [1.807, 2.05) is 43.3 Å². The van der Waals surface area contributed by atoms with Gasteiger partial charge in [0.25, 0.3) is 0 Å². The van der Waals surface area contributed by atoms with Crippen molar-refractivity contribution in [3.8, 4) is 0 Å². The van der Waals surface area contributed by atoms with Crippen molar-refractivity contribution < 1.29 is 4.74 Å². The molecule has 1 heterocycles. The number of halogens is 1. The van der Waals surface area contributed by atoms with Gasteiger partial charge in [0.1, 0.15) is 6.10 Å². The molecule has 0 aliphatic rings. The van der Waals surface area contributed by atoms with E-state index in [9.17, 15) is 0 Å². The zero-order chi connectivity index (χ0) is 13.0. The summed E-state index contributed by atoms with van der Waals surface area (Å²) >= 11 is 5.83. The number of alkyl halides is 1. The van der Waals surface area contributed by atoms with Gasteiger partial charge in [-0.15, -0.1) is 11.6 Å². The van der Waals surface area contributed by atoms with Crippen molar-refractivity contribution in [3.05, 3.63) is 59.2 Å². The second-order valence-corrected chi connectivity index (χ2v) is 4.29. The molecule has 0 fully saturated rings. The highest BCUT2D eigenvalue weighted by Crippen LogP contribution is 2.22. The van der Waals surface area contributed by atoms with Gasteiger partial charge in [-0.05, 0) is 18.6 Å². The second-order valence-electron chi connectivity index (χ2n) is 4.02. The summed E-state index contributed by atoms with van der Waals surface area (Å²) in [4.78, 5) is 8.87. The summed E-state index contributed by atoms with van der Waals surface area (Å²) in [7, 11) is 1.66. The summed E-state index contributed by atoms with van der Waals surface area (Å²) in [6.07, 6.45) is -0.256. The van der Waals surface area contributed by atoms with Gasteiger partial charge in [0.15, 0.2) is 5.82 Å². The highest BCUT2D eigenvalue weighted by molar-refractivity contribution is 6.16. The lowest BCUT2D eigenvalue weighted by Gasteiger charge is -2.15. The van der Waals surface area contributed by atoms with Crippen LogP contribution < -0.4 is 0 Å². The molecule has 1 atom stereocenters. The minimum Gasteiger partial charge on any atom is -0.369 e. The van der Waals surface area contributed by atoms with Gasteiger partial charge < -0.3 is 4.74 Å². The number of aryl methyl sites for hydroxylation is 1. The van der Waals surface area contributed by atoms with Crippen LogP contribution in [-0.2, 0) is 10.6 Å². The number of benzene rings is 1. The van der Waals surface area contributed by atoms with Crippen LogP contribution in [0.3, 0.4) is 0 Å². The summed E-state index contributed by atoms with van der Waals surface area (Å²) < 4.78 is 5.51. The van der Waals surface area contributed by atoms with Crippen LogP contribution in [0.25, 0.3) is 0 Å². The first-order valence-electron chi connectivity index (χ1n) is 5.72. The lowest BCUT2D eigenvalue weighted by atomic mass is 10.1. The first-order chi connectivity index (χ1) is 8.74. The predicted molar refractivity (Wildman–Crippen MR) is 71.6 cm³/mol. The lowest BCUT2D eigenvalue weighted by molar-refractivity contribution is 0.128. The number of hydrogen-bond donors (Lipinski definition) is 0. The van der Waals surface area contributed by atoms with Gasteiger partial charge in [-0.25, -0.2) is 9.97 Å². The van der Waals surface area contributed by atoms with Crippen molar-refractivity contribution in [2.45, 2.75) is 18.9 Å². The van der Waals surface area contributed by atoms with Crippen molar-refractivity contribution in [3.63, 3.8) is 0 Å². The molecule has 2 aromatic rings. The van der Waals surface area contributed by atoms with E-state index in [4.69, 9.17) is 16.3 Å². The number of nitrogens with zero attached hydrogens (tertiary/aromatic N) is 2. The van der Waals surface area contributed by atoms with Crippen LogP contribution in [0.1, 0.15) is 28.9 Å². The molecule has 3 nitrogen and oxygen atoms in total. The van der Waals surface area contributed by atoms with Crippen LogP contribution in [0.4, 0.5) is 0 Å². The molecule has 1 aromatic carbocycles. The summed E-state index contributed by atoms with van der Waals surface area (Å²) in [5.41, 5.74) is 2.75. The van der Waals surface area contributed by atoms with E-state index in [0.717, 1.165) is 17.0 Å². The van der Waals surface area contributed by atoms with Gasteiger partial charge in [-0.1, -0.05) is 30.3 Å². The first kappa shape index (κ1) is 13.0. The van der Waals surface area contributed by atoms with E-state index >= 15 is 0 Å². The van der Waals surface area contributed by atoms with Gasteiger partial charge in [-0.3, -0.25) is 0 Å². The molecule has 0 saturated heterocycles. The molecule has 0 aliphatic heterocycles. The Kier molecular flexibility index (Phi) is 4.28. The lowest BCUT2D eigenvalue weighted by Crippen LogP contribution is -2.10. The smallest absolute Gasteiger partial charge is 0.162 e. The van der Waals surface area contributed by atoms with Crippen molar-refractivity contribution in [1.82, 2.24) is 9.97 Å². The SMILES string of the molecule is COC(c1ccccc1)c1nc(C)cc(CCl)n1. The number of aromatic nitrogens is 2. The molecule has 1 unspecified atom stereocenters. The van der Waals surface area contributed by atoms with Crippen LogP contribution in [0, 0.1) is 6.92 Å². The van der Waals surface area contributed by atoms with Crippen molar-refractivity contribution in [2.75, 3.05) is 7.11 Å². The normalized spacial score (nSPS) is 12.4. The molecule has 0 amide bonds. The fraction of sp³-hybridized carbons (Fsp3) is 0.286. The third-order valence-corrected chi connectivity index (χ3v) is 2.91. The maximum Gasteiger partial charge on any atom is 0.162 e. The van der Waals surface area contributed by atoms with E-state index in [-0.39, 0.29) is 6.10 Å². The number of hydrogen-bond acceptors (Lipinski definition) is 3. The number of methoxy groups -OCH3 is 1. The van der Waals surface area contributed by atoms with Gasteiger partial charge in [0.05, 0.1) is 11.6 Å². The Morgan fingerprint density at radius 3 is 2.56 bits per heavy atom. The van der Waals surface area contributed by atoms with Gasteiger partial charge in [-0.2, -0.15) is 0 Å². The Labute approximate surface area is 112 Å². The third kappa shape index (κ3) is 2.86. The average molecular weight is 263 g/mol. The quantitative estimate of drug-likeness (QED) is 0.794. The molecule has 4 heteroatoms. The number of ether oxygens (including phenoxy) is 1. The van der Waals surface area contributed by atoms with E-state index in [2.05, 4.69) is 9.97 Å². The van der Waals surface area contributed by atoms with Gasteiger partial charge in [0, 0.05) is 12.8 Å². The minimum absolute atomic E-state index is 0.256.